The Morgan fingerprint density at radius 1 is 1.40 bits per heavy atom. The van der Waals surface area contributed by atoms with Crippen LogP contribution in [0.2, 0.25) is 0 Å². The van der Waals surface area contributed by atoms with Crippen LogP contribution in [0.15, 0.2) is 16.9 Å². The van der Waals surface area contributed by atoms with Crippen molar-refractivity contribution in [2.24, 2.45) is 0 Å². The lowest BCUT2D eigenvalue weighted by Gasteiger charge is -2.19. The fraction of sp³-hybridized carbons (Fsp3) is 0.500. The molecule has 3 heterocycles. The first-order chi connectivity index (χ1) is 9.63. The van der Waals surface area contributed by atoms with E-state index in [-0.39, 0.29) is 17.6 Å². The van der Waals surface area contributed by atoms with Crippen LogP contribution in [0.25, 0.3) is 0 Å². The Hall–Kier alpha value is -1.80. The van der Waals surface area contributed by atoms with Crippen molar-refractivity contribution in [3.8, 4) is 0 Å². The molecule has 0 radical (unpaired) electrons. The number of aryl methyl sites for hydroxylation is 2. The number of aromatic nitrogens is 4. The van der Waals surface area contributed by atoms with E-state index >= 15 is 0 Å². The maximum absolute atomic E-state index is 12.0. The molecule has 0 aromatic carbocycles. The largest absolute Gasteiger partial charge is 0.377 e. The van der Waals surface area contributed by atoms with Gasteiger partial charge in [-0.05, 0) is 19.9 Å². The molecule has 2 aromatic rings. The van der Waals surface area contributed by atoms with Gasteiger partial charge in [-0.3, -0.25) is 4.79 Å². The summed E-state index contributed by atoms with van der Waals surface area (Å²) in [5.74, 6) is 0.735. The number of hydrogen-bond donors (Lipinski definition) is 1. The molecular formula is C12H15N5O2S. The van der Waals surface area contributed by atoms with Gasteiger partial charge in [0, 0.05) is 17.6 Å². The molecule has 1 fully saturated rings. The topological polar surface area (TPSA) is 81.9 Å². The van der Waals surface area contributed by atoms with Crippen molar-refractivity contribution in [2.45, 2.75) is 25.9 Å². The van der Waals surface area contributed by atoms with Crippen molar-refractivity contribution in [1.29, 1.82) is 0 Å². The van der Waals surface area contributed by atoms with Gasteiger partial charge in [0.25, 0.3) is 5.56 Å². The van der Waals surface area contributed by atoms with E-state index in [9.17, 15) is 4.79 Å². The highest BCUT2D eigenvalue weighted by Gasteiger charge is 2.32. The van der Waals surface area contributed by atoms with E-state index < -0.39 is 0 Å². The first-order valence-electron chi connectivity index (χ1n) is 6.34. The Bertz CT molecular complexity index is 668. The van der Waals surface area contributed by atoms with Gasteiger partial charge in [0.2, 0.25) is 5.13 Å². The van der Waals surface area contributed by atoms with Crippen LogP contribution in [-0.2, 0) is 4.74 Å². The lowest BCUT2D eigenvalue weighted by atomic mass is 10.2. The van der Waals surface area contributed by atoms with E-state index in [1.165, 1.54) is 22.3 Å². The summed E-state index contributed by atoms with van der Waals surface area (Å²) < 4.78 is 11.1. The predicted molar refractivity (Wildman–Crippen MR) is 75.1 cm³/mol. The number of rotatable bonds is 3. The molecule has 1 aliphatic rings. The highest BCUT2D eigenvalue weighted by Crippen LogP contribution is 2.22. The number of nitrogens with one attached hydrogen (secondary N) is 1. The van der Waals surface area contributed by atoms with E-state index in [0.29, 0.717) is 13.2 Å². The third-order valence-electron chi connectivity index (χ3n) is 3.16. The van der Waals surface area contributed by atoms with Gasteiger partial charge in [-0.15, -0.1) is 0 Å². The second-order valence-corrected chi connectivity index (χ2v) is 5.51. The van der Waals surface area contributed by atoms with E-state index in [0.717, 1.165) is 16.6 Å². The zero-order chi connectivity index (χ0) is 14.1. The van der Waals surface area contributed by atoms with Gasteiger partial charge in [0.05, 0.1) is 24.9 Å². The summed E-state index contributed by atoms with van der Waals surface area (Å²) in [5, 5.41) is 8.32. The molecule has 0 spiro atoms. The molecule has 1 N–H and O–H groups in total. The summed E-state index contributed by atoms with van der Waals surface area (Å²) in [6.07, 6.45) is 0. The molecule has 0 amide bonds. The van der Waals surface area contributed by atoms with Gasteiger partial charge in [-0.2, -0.15) is 9.47 Å². The third-order valence-corrected chi connectivity index (χ3v) is 3.90. The van der Waals surface area contributed by atoms with Gasteiger partial charge in [-0.25, -0.2) is 9.67 Å². The van der Waals surface area contributed by atoms with E-state index in [4.69, 9.17) is 4.74 Å². The fourth-order valence-electron chi connectivity index (χ4n) is 2.19. The fourth-order valence-corrected chi connectivity index (χ4v) is 2.83. The molecule has 2 atom stereocenters. The standard InChI is InChI=1S/C12H15N5O2S/c1-7-3-4-11(18)17(15-7)10-6-19-5-9(10)14-12-13-8(2)16-20-12/h3-4,9-10H,5-6H2,1-2H3,(H,13,14,16). The van der Waals surface area contributed by atoms with Crippen molar-refractivity contribution >= 4 is 16.7 Å². The number of hydrogen-bond acceptors (Lipinski definition) is 7. The summed E-state index contributed by atoms with van der Waals surface area (Å²) >= 11 is 1.31. The summed E-state index contributed by atoms with van der Waals surface area (Å²) in [6.45, 7) is 4.69. The van der Waals surface area contributed by atoms with Crippen LogP contribution in [0.4, 0.5) is 5.13 Å². The molecule has 7 nitrogen and oxygen atoms in total. The van der Waals surface area contributed by atoms with E-state index in [1.54, 1.807) is 6.07 Å². The summed E-state index contributed by atoms with van der Waals surface area (Å²) in [5.41, 5.74) is 0.688. The van der Waals surface area contributed by atoms with Crippen LogP contribution in [0.3, 0.4) is 0 Å². The first-order valence-corrected chi connectivity index (χ1v) is 7.12. The quantitative estimate of drug-likeness (QED) is 0.900. The summed E-state index contributed by atoms with van der Waals surface area (Å²) in [6, 6.07) is 3.08. The van der Waals surface area contributed by atoms with Gasteiger partial charge < -0.3 is 10.1 Å². The van der Waals surface area contributed by atoms with Gasteiger partial charge in [0.15, 0.2) is 0 Å². The van der Waals surface area contributed by atoms with Crippen LogP contribution in [-0.4, -0.2) is 38.4 Å². The maximum Gasteiger partial charge on any atom is 0.267 e. The highest BCUT2D eigenvalue weighted by atomic mass is 32.1. The third kappa shape index (κ3) is 2.56. The first kappa shape index (κ1) is 13.2. The summed E-state index contributed by atoms with van der Waals surface area (Å²) in [4.78, 5) is 16.2. The van der Waals surface area contributed by atoms with Crippen LogP contribution in [0, 0.1) is 13.8 Å². The molecule has 0 bridgehead atoms. The SMILES string of the molecule is Cc1ccc(=O)n(C2COCC2Nc2nc(C)ns2)n1. The van der Waals surface area contributed by atoms with Crippen LogP contribution >= 0.6 is 11.5 Å². The maximum atomic E-state index is 12.0. The monoisotopic (exact) mass is 293 g/mol. The Morgan fingerprint density at radius 2 is 2.25 bits per heavy atom. The minimum absolute atomic E-state index is 0.0330. The van der Waals surface area contributed by atoms with Gasteiger partial charge in [0.1, 0.15) is 11.9 Å². The lowest BCUT2D eigenvalue weighted by Crippen LogP contribution is -2.37. The van der Waals surface area contributed by atoms with Gasteiger partial charge in [-0.1, -0.05) is 0 Å². The smallest absolute Gasteiger partial charge is 0.267 e. The normalized spacial score (nSPS) is 22.1. The molecule has 0 aliphatic carbocycles. The van der Waals surface area contributed by atoms with E-state index in [2.05, 4.69) is 19.8 Å². The Morgan fingerprint density at radius 3 is 3.00 bits per heavy atom. The molecule has 2 aromatic heterocycles. The van der Waals surface area contributed by atoms with Crippen molar-refractivity contribution in [1.82, 2.24) is 19.1 Å². The Kier molecular flexibility index (Phi) is 3.49. The van der Waals surface area contributed by atoms with Crippen LogP contribution in [0.5, 0.6) is 0 Å². The zero-order valence-electron chi connectivity index (χ0n) is 11.2. The Balaban J connectivity index is 1.85. The van der Waals surface area contributed by atoms with Crippen LogP contribution < -0.4 is 10.9 Å². The van der Waals surface area contributed by atoms with Crippen LogP contribution in [0.1, 0.15) is 17.6 Å². The van der Waals surface area contributed by atoms with Crippen molar-refractivity contribution in [2.75, 3.05) is 18.5 Å². The number of ether oxygens (including phenoxy) is 1. The molecule has 0 saturated carbocycles. The molecule has 3 rings (SSSR count). The molecular weight excluding hydrogens is 278 g/mol. The Labute approximate surface area is 119 Å². The molecule has 20 heavy (non-hydrogen) atoms. The number of nitrogens with zero attached hydrogens (tertiary/aromatic N) is 4. The molecule has 2 unspecified atom stereocenters. The lowest BCUT2D eigenvalue weighted by molar-refractivity contribution is 0.182. The summed E-state index contributed by atoms with van der Waals surface area (Å²) in [7, 11) is 0. The molecule has 1 saturated heterocycles. The minimum atomic E-state index is -0.133. The zero-order valence-corrected chi connectivity index (χ0v) is 12.1. The van der Waals surface area contributed by atoms with Crippen molar-refractivity contribution in [3.05, 3.63) is 34.0 Å². The predicted octanol–water partition coefficient (Wildman–Crippen LogP) is 0.764. The van der Waals surface area contributed by atoms with Crippen molar-refractivity contribution < 1.29 is 4.74 Å². The van der Waals surface area contributed by atoms with E-state index in [1.807, 2.05) is 13.8 Å². The second-order valence-electron chi connectivity index (χ2n) is 4.76. The molecule has 1 aliphatic heterocycles. The molecule has 8 heteroatoms. The molecule has 106 valence electrons. The van der Waals surface area contributed by atoms with Crippen molar-refractivity contribution in [3.63, 3.8) is 0 Å². The number of anilines is 1. The van der Waals surface area contributed by atoms with Gasteiger partial charge >= 0.3 is 0 Å². The average Bonchev–Trinajstić information content (AvgIpc) is 3.02. The average molecular weight is 293 g/mol. The second kappa shape index (κ2) is 5.29. The minimum Gasteiger partial charge on any atom is -0.377 e. The highest BCUT2D eigenvalue weighted by molar-refractivity contribution is 7.09.